The van der Waals surface area contributed by atoms with E-state index < -0.39 is 11.6 Å². The molecular formula is C12H16F2N2O. The minimum atomic E-state index is -0.886. The van der Waals surface area contributed by atoms with Crippen LogP contribution in [0.25, 0.3) is 0 Å². The van der Waals surface area contributed by atoms with Gasteiger partial charge in [-0.2, -0.15) is 0 Å². The van der Waals surface area contributed by atoms with Gasteiger partial charge in [-0.25, -0.2) is 8.78 Å². The Hall–Kier alpha value is -1.36. The summed E-state index contributed by atoms with van der Waals surface area (Å²) in [5.41, 5.74) is 5.73. The number of morpholine rings is 1. The first-order valence-corrected chi connectivity index (χ1v) is 5.53. The van der Waals surface area contributed by atoms with Crippen LogP contribution in [-0.2, 0) is 4.74 Å². The first-order chi connectivity index (χ1) is 7.91. The Morgan fingerprint density at radius 2 is 2.06 bits per heavy atom. The fourth-order valence-corrected chi connectivity index (χ4v) is 2.08. The fraction of sp³-hybridized carbons (Fsp3) is 0.500. The van der Waals surface area contributed by atoms with Gasteiger partial charge >= 0.3 is 0 Å². The summed E-state index contributed by atoms with van der Waals surface area (Å²) in [6.45, 7) is 5.28. The zero-order chi connectivity index (χ0) is 12.6. The van der Waals surface area contributed by atoms with Crippen molar-refractivity contribution >= 4 is 11.4 Å². The quantitative estimate of drug-likeness (QED) is 0.767. The van der Waals surface area contributed by atoms with Crippen molar-refractivity contribution in [2.75, 3.05) is 30.3 Å². The maximum atomic E-state index is 13.8. The van der Waals surface area contributed by atoms with Crippen molar-refractivity contribution in [1.82, 2.24) is 0 Å². The molecule has 0 amide bonds. The van der Waals surface area contributed by atoms with Gasteiger partial charge in [-0.1, -0.05) is 0 Å². The van der Waals surface area contributed by atoms with Crippen LogP contribution >= 0.6 is 0 Å². The van der Waals surface area contributed by atoms with Crippen molar-refractivity contribution in [3.8, 4) is 0 Å². The largest absolute Gasteiger partial charge is 0.397 e. The average molecular weight is 242 g/mol. The van der Waals surface area contributed by atoms with Gasteiger partial charge < -0.3 is 15.4 Å². The molecule has 0 bridgehead atoms. The van der Waals surface area contributed by atoms with Crippen LogP contribution in [0.1, 0.15) is 13.8 Å². The number of benzene rings is 1. The molecular weight excluding hydrogens is 226 g/mol. The summed E-state index contributed by atoms with van der Waals surface area (Å²) in [4.78, 5) is 1.73. The molecule has 1 aromatic rings. The highest BCUT2D eigenvalue weighted by molar-refractivity contribution is 5.68. The van der Waals surface area contributed by atoms with E-state index in [1.165, 1.54) is 6.07 Å². The molecule has 0 aromatic heterocycles. The number of rotatable bonds is 1. The molecule has 3 nitrogen and oxygen atoms in total. The molecule has 0 atom stereocenters. The van der Waals surface area contributed by atoms with Crippen LogP contribution in [0.15, 0.2) is 12.1 Å². The van der Waals surface area contributed by atoms with Crippen molar-refractivity contribution in [3.05, 3.63) is 23.8 Å². The van der Waals surface area contributed by atoms with Crippen LogP contribution < -0.4 is 10.6 Å². The van der Waals surface area contributed by atoms with Gasteiger partial charge in [-0.05, 0) is 26.0 Å². The molecule has 94 valence electrons. The zero-order valence-corrected chi connectivity index (χ0v) is 9.96. The third-order valence-electron chi connectivity index (χ3n) is 2.84. The molecule has 17 heavy (non-hydrogen) atoms. The molecule has 0 saturated carbocycles. The highest BCUT2D eigenvalue weighted by Gasteiger charge is 2.30. The number of hydrogen-bond acceptors (Lipinski definition) is 3. The Balaban J connectivity index is 2.37. The van der Waals surface area contributed by atoms with E-state index in [0.717, 1.165) is 6.07 Å². The third-order valence-corrected chi connectivity index (χ3v) is 2.84. The Kier molecular flexibility index (Phi) is 2.95. The normalized spacial score (nSPS) is 19.4. The highest BCUT2D eigenvalue weighted by Crippen LogP contribution is 2.31. The summed E-state index contributed by atoms with van der Waals surface area (Å²) in [5, 5.41) is 0. The Morgan fingerprint density at radius 3 is 2.71 bits per heavy atom. The maximum absolute atomic E-state index is 13.8. The van der Waals surface area contributed by atoms with E-state index in [9.17, 15) is 8.78 Å². The molecule has 2 N–H and O–H groups in total. The summed E-state index contributed by atoms with van der Waals surface area (Å²) in [6, 6.07) is 2.43. The third kappa shape index (κ3) is 2.34. The van der Waals surface area contributed by atoms with Gasteiger partial charge in [0.1, 0.15) is 0 Å². The van der Waals surface area contributed by atoms with Crippen molar-refractivity contribution in [2.24, 2.45) is 0 Å². The fourth-order valence-electron chi connectivity index (χ4n) is 2.08. The molecule has 1 aliphatic rings. The summed E-state index contributed by atoms with van der Waals surface area (Å²) in [5.74, 6) is -1.76. The lowest BCUT2D eigenvalue weighted by Crippen LogP contribution is -2.48. The van der Waals surface area contributed by atoms with E-state index >= 15 is 0 Å². The second-order valence-corrected chi connectivity index (χ2v) is 4.83. The van der Waals surface area contributed by atoms with E-state index in [2.05, 4.69) is 0 Å². The van der Waals surface area contributed by atoms with Gasteiger partial charge in [0, 0.05) is 13.1 Å². The maximum Gasteiger partial charge on any atom is 0.184 e. The van der Waals surface area contributed by atoms with E-state index in [1.807, 2.05) is 13.8 Å². The van der Waals surface area contributed by atoms with Crippen molar-refractivity contribution in [2.45, 2.75) is 19.4 Å². The standard InChI is InChI=1S/C12H16F2N2O/c1-12(2)7-16(5-6-17-12)11-9(15)4-3-8(13)10(11)14/h3-4H,5-7,15H2,1-2H3. The summed E-state index contributed by atoms with van der Waals surface area (Å²) < 4.78 is 32.5. The Morgan fingerprint density at radius 1 is 1.35 bits per heavy atom. The molecule has 2 rings (SSSR count). The summed E-state index contributed by atoms with van der Waals surface area (Å²) in [6.07, 6.45) is 0. The number of nitrogens with zero attached hydrogens (tertiary/aromatic N) is 1. The van der Waals surface area contributed by atoms with E-state index in [4.69, 9.17) is 10.5 Å². The molecule has 5 heteroatoms. The number of halogens is 2. The molecule has 0 radical (unpaired) electrons. The monoisotopic (exact) mass is 242 g/mol. The molecule has 0 unspecified atom stereocenters. The van der Waals surface area contributed by atoms with Crippen LogP contribution in [0, 0.1) is 11.6 Å². The first kappa shape index (κ1) is 12.1. The lowest BCUT2D eigenvalue weighted by Gasteiger charge is -2.39. The summed E-state index contributed by atoms with van der Waals surface area (Å²) in [7, 11) is 0. The van der Waals surface area contributed by atoms with Gasteiger partial charge in [-0.3, -0.25) is 0 Å². The average Bonchev–Trinajstić information content (AvgIpc) is 2.23. The van der Waals surface area contributed by atoms with Crippen molar-refractivity contribution < 1.29 is 13.5 Å². The van der Waals surface area contributed by atoms with E-state index in [1.54, 1.807) is 4.90 Å². The number of nitrogen functional groups attached to an aromatic ring is 1. The molecule has 1 aliphatic heterocycles. The van der Waals surface area contributed by atoms with Crippen LogP contribution in [0.2, 0.25) is 0 Å². The second-order valence-electron chi connectivity index (χ2n) is 4.83. The Labute approximate surface area is 99.2 Å². The predicted octanol–water partition coefficient (Wildman–Crippen LogP) is 2.16. The second kappa shape index (κ2) is 4.14. The molecule has 1 saturated heterocycles. The lowest BCUT2D eigenvalue weighted by molar-refractivity contribution is -0.0278. The minimum absolute atomic E-state index is 0.140. The predicted molar refractivity (Wildman–Crippen MR) is 63.0 cm³/mol. The topological polar surface area (TPSA) is 38.5 Å². The van der Waals surface area contributed by atoms with Gasteiger partial charge in [0.25, 0.3) is 0 Å². The van der Waals surface area contributed by atoms with Crippen LogP contribution in [0.4, 0.5) is 20.2 Å². The van der Waals surface area contributed by atoms with Gasteiger partial charge in [0.15, 0.2) is 11.6 Å². The van der Waals surface area contributed by atoms with Crippen LogP contribution in [0.5, 0.6) is 0 Å². The van der Waals surface area contributed by atoms with E-state index in [-0.39, 0.29) is 17.0 Å². The van der Waals surface area contributed by atoms with Gasteiger partial charge in [0.05, 0.1) is 23.6 Å². The lowest BCUT2D eigenvalue weighted by atomic mass is 10.1. The van der Waals surface area contributed by atoms with Gasteiger partial charge in [0.2, 0.25) is 0 Å². The van der Waals surface area contributed by atoms with Crippen molar-refractivity contribution in [3.63, 3.8) is 0 Å². The van der Waals surface area contributed by atoms with E-state index in [0.29, 0.717) is 19.7 Å². The highest BCUT2D eigenvalue weighted by atomic mass is 19.2. The SMILES string of the molecule is CC1(C)CN(c2c(N)ccc(F)c2F)CCO1. The van der Waals surface area contributed by atoms with Crippen LogP contribution in [0.3, 0.4) is 0 Å². The van der Waals surface area contributed by atoms with Gasteiger partial charge in [-0.15, -0.1) is 0 Å². The summed E-state index contributed by atoms with van der Waals surface area (Å²) >= 11 is 0. The molecule has 0 spiro atoms. The minimum Gasteiger partial charge on any atom is -0.397 e. The molecule has 1 heterocycles. The molecule has 1 fully saturated rings. The molecule has 0 aliphatic carbocycles. The zero-order valence-electron chi connectivity index (χ0n) is 9.96. The van der Waals surface area contributed by atoms with Crippen LogP contribution in [-0.4, -0.2) is 25.3 Å². The first-order valence-electron chi connectivity index (χ1n) is 5.53. The number of nitrogens with two attached hydrogens (primary N) is 1. The number of anilines is 2. The van der Waals surface area contributed by atoms with Crippen molar-refractivity contribution in [1.29, 1.82) is 0 Å². The Bertz CT molecular complexity index is 435. The number of ether oxygens (including phenoxy) is 1. The number of hydrogen-bond donors (Lipinski definition) is 1. The smallest absolute Gasteiger partial charge is 0.184 e. The molecule has 1 aromatic carbocycles.